The number of aliphatic carboxylic acids is 1. The standard InChI is InChI=1S/C15H20N2O3/c16-9-13(10-4-2-1-3-5-10)14(18)17-12-7-6-11(8-12)15(19)20/h1-5,11-13H,6-9,16H2,(H,17,18)(H,19,20)/t11-,12+,13?/m1/s1. The summed E-state index contributed by atoms with van der Waals surface area (Å²) < 4.78 is 0. The second-order valence-corrected chi connectivity index (χ2v) is 5.25. The van der Waals surface area contributed by atoms with E-state index in [2.05, 4.69) is 5.32 Å². The molecule has 5 nitrogen and oxygen atoms in total. The predicted octanol–water partition coefficient (Wildman–Crippen LogP) is 1.10. The van der Waals surface area contributed by atoms with Gasteiger partial charge in [0, 0.05) is 12.6 Å². The second-order valence-electron chi connectivity index (χ2n) is 5.25. The third-order valence-electron chi connectivity index (χ3n) is 3.88. The largest absolute Gasteiger partial charge is 0.481 e. The fraction of sp³-hybridized carbons (Fsp3) is 0.467. The second kappa shape index (κ2) is 6.52. The molecule has 1 saturated carbocycles. The highest BCUT2D eigenvalue weighted by atomic mass is 16.4. The van der Waals surface area contributed by atoms with Gasteiger partial charge in [-0.15, -0.1) is 0 Å². The molecule has 0 radical (unpaired) electrons. The molecule has 1 amide bonds. The molecule has 1 aromatic rings. The molecule has 1 aromatic carbocycles. The van der Waals surface area contributed by atoms with Crippen LogP contribution < -0.4 is 11.1 Å². The number of rotatable bonds is 5. The maximum Gasteiger partial charge on any atom is 0.306 e. The van der Waals surface area contributed by atoms with Gasteiger partial charge in [-0.1, -0.05) is 30.3 Å². The third kappa shape index (κ3) is 3.36. The molecule has 4 N–H and O–H groups in total. The predicted molar refractivity (Wildman–Crippen MR) is 75.1 cm³/mol. The Labute approximate surface area is 118 Å². The molecule has 3 atom stereocenters. The van der Waals surface area contributed by atoms with Crippen LogP contribution in [0.25, 0.3) is 0 Å². The van der Waals surface area contributed by atoms with Crippen molar-refractivity contribution in [1.29, 1.82) is 0 Å². The molecule has 0 aliphatic heterocycles. The number of carboxylic acid groups (broad SMARTS) is 1. The van der Waals surface area contributed by atoms with Gasteiger partial charge in [0.2, 0.25) is 5.91 Å². The summed E-state index contributed by atoms with van der Waals surface area (Å²) >= 11 is 0. The minimum atomic E-state index is -0.778. The Morgan fingerprint density at radius 3 is 2.55 bits per heavy atom. The number of carbonyl (C=O) groups excluding carboxylic acids is 1. The Morgan fingerprint density at radius 1 is 1.30 bits per heavy atom. The molecule has 5 heteroatoms. The summed E-state index contributed by atoms with van der Waals surface area (Å²) in [5.41, 5.74) is 6.59. The van der Waals surface area contributed by atoms with Crippen LogP contribution >= 0.6 is 0 Å². The van der Waals surface area contributed by atoms with Crippen molar-refractivity contribution in [2.24, 2.45) is 11.7 Å². The van der Waals surface area contributed by atoms with Gasteiger partial charge in [0.05, 0.1) is 11.8 Å². The summed E-state index contributed by atoms with van der Waals surface area (Å²) in [6, 6.07) is 9.35. The summed E-state index contributed by atoms with van der Waals surface area (Å²) in [6.07, 6.45) is 1.85. The van der Waals surface area contributed by atoms with Crippen LogP contribution in [0.5, 0.6) is 0 Å². The van der Waals surface area contributed by atoms with Crippen LogP contribution in [0.3, 0.4) is 0 Å². The van der Waals surface area contributed by atoms with E-state index in [0.717, 1.165) is 12.0 Å². The Bertz CT molecular complexity index is 475. The first-order valence-corrected chi connectivity index (χ1v) is 6.90. The van der Waals surface area contributed by atoms with Crippen LogP contribution in [0.15, 0.2) is 30.3 Å². The summed E-state index contributed by atoms with van der Waals surface area (Å²) in [6.45, 7) is 0.241. The number of amides is 1. The number of hydrogen-bond donors (Lipinski definition) is 3. The summed E-state index contributed by atoms with van der Waals surface area (Å²) in [5, 5.41) is 11.9. The molecule has 2 rings (SSSR count). The summed E-state index contributed by atoms with van der Waals surface area (Å²) in [7, 11) is 0. The monoisotopic (exact) mass is 276 g/mol. The molecule has 1 unspecified atom stereocenters. The highest BCUT2D eigenvalue weighted by Gasteiger charge is 2.31. The van der Waals surface area contributed by atoms with Crippen molar-refractivity contribution < 1.29 is 14.7 Å². The number of carboxylic acids is 1. The molecule has 0 bridgehead atoms. The molecular formula is C15H20N2O3. The van der Waals surface area contributed by atoms with Gasteiger partial charge in [0.1, 0.15) is 0 Å². The van der Waals surface area contributed by atoms with Gasteiger partial charge in [-0.25, -0.2) is 0 Å². The number of benzene rings is 1. The third-order valence-corrected chi connectivity index (χ3v) is 3.88. The normalized spacial score (nSPS) is 23.2. The zero-order chi connectivity index (χ0) is 14.5. The van der Waals surface area contributed by atoms with E-state index in [-0.39, 0.29) is 30.3 Å². The van der Waals surface area contributed by atoms with E-state index < -0.39 is 5.97 Å². The van der Waals surface area contributed by atoms with Crippen LogP contribution in [0.1, 0.15) is 30.7 Å². The minimum absolute atomic E-state index is 0.0543. The Morgan fingerprint density at radius 2 is 2.00 bits per heavy atom. The van der Waals surface area contributed by atoms with Gasteiger partial charge in [0.25, 0.3) is 0 Å². The van der Waals surface area contributed by atoms with Crippen molar-refractivity contribution in [3.05, 3.63) is 35.9 Å². The lowest BCUT2D eigenvalue weighted by molar-refractivity contribution is -0.141. The molecule has 0 heterocycles. The van der Waals surface area contributed by atoms with Crippen molar-refractivity contribution in [3.8, 4) is 0 Å². The van der Waals surface area contributed by atoms with E-state index in [1.807, 2.05) is 30.3 Å². The molecule has 1 aliphatic carbocycles. The smallest absolute Gasteiger partial charge is 0.306 e. The van der Waals surface area contributed by atoms with E-state index in [1.54, 1.807) is 0 Å². The average Bonchev–Trinajstić information content (AvgIpc) is 2.89. The van der Waals surface area contributed by atoms with Crippen molar-refractivity contribution in [1.82, 2.24) is 5.32 Å². The van der Waals surface area contributed by atoms with Gasteiger partial charge >= 0.3 is 5.97 Å². The van der Waals surface area contributed by atoms with Gasteiger partial charge in [-0.2, -0.15) is 0 Å². The molecular weight excluding hydrogens is 256 g/mol. The van der Waals surface area contributed by atoms with Crippen molar-refractivity contribution in [3.63, 3.8) is 0 Å². The van der Waals surface area contributed by atoms with Crippen LogP contribution in [0, 0.1) is 5.92 Å². The van der Waals surface area contributed by atoms with E-state index in [0.29, 0.717) is 12.8 Å². The highest BCUT2D eigenvalue weighted by Crippen LogP contribution is 2.26. The summed E-state index contributed by atoms with van der Waals surface area (Å²) in [5.74, 6) is -1.61. The lowest BCUT2D eigenvalue weighted by Gasteiger charge is -2.19. The Hall–Kier alpha value is -1.88. The molecule has 20 heavy (non-hydrogen) atoms. The fourth-order valence-corrected chi connectivity index (χ4v) is 2.72. The van der Waals surface area contributed by atoms with Gasteiger partial charge in [-0.3, -0.25) is 9.59 Å². The van der Waals surface area contributed by atoms with Crippen LogP contribution in [0.2, 0.25) is 0 Å². The number of hydrogen-bond acceptors (Lipinski definition) is 3. The first-order chi connectivity index (χ1) is 9.61. The fourth-order valence-electron chi connectivity index (χ4n) is 2.72. The molecule has 0 spiro atoms. The SMILES string of the molecule is NCC(C(=O)N[C@H]1CC[C@@H](C(=O)O)C1)c1ccccc1. The van der Waals surface area contributed by atoms with Crippen LogP contribution in [0.4, 0.5) is 0 Å². The first-order valence-electron chi connectivity index (χ1n) is 6.90. The van der Waals surface area contributed by atoms with Crippen molar-refractivity contribution >= 4 is 11.9 Å². The zero-order valence-corrected chi connectivity index (χ0v) is 11.3. The van der Waals surface area contributed by atoms with Gasteiger partial charge in [-0.05, 0) is 24.8 Å². The van der Waals surface area contributed by atoms with Gasteiger partial charge < -0.3 is 16.2 Å². The lowest BCUT2D eigenvalue weighted by Crippen LogP contribution is -2.39. The maximum absolute atomic E-state index is 12.3. The van der Waals surface area contributed by atoms with E-state index in [4.69, 9.17) is 10.8 Å². The quantitative estimate of drug-likeness (QED) is 0.751. The lowest BCUT2D eigenvalue weighted by atomic mass is 9.98. The zero-order valence-electron chi connectivity index (χ0n) is 11.3. The van der Waals surface area contributed by atoms with E-state index in [1.165, 1.54) is 0 Å². The van der Waals surface area contributed by atoms with Crippen LogP contribution in [-0.2, 0) is 9.59 Å². The molecule has 1 fully saturated rings. The number of nitrogens with one attached hydrogen (secondary N) is 1. The first kappa shape index (κ1) is 14.5. The molecule has 108 valence electrons. The van der Waals surface area contributed by atoms with Crippen molar-refractivity contribution in [2.75, 3.05) is 6.54 Å². The van der Waals surface area contributed by atoms with E-state index >= 15 is 0 Å². The molecule has 0 saturated heterocycles. The van der Waals surface area contributed by atoms with E-state index in [9.17, 15) is 9.59 Å². The number of nitrogens with two attached hydrogens (primary N) is 1. The Balaban J connectivity index is 1.96. The maximum atomic E-state index is 12.3. The Kier molecular flexibility index (Phi) is 4.74. The summed E-state index contributed by atoms with van der Waals surface area (Å²) in [4.78, 5) is 23.2. The topological polar surface area (TPSA) is 92.4 Å². The number of carbonyl (C=O) groups is 2. The highest BCUT2D eigenvalue weighted by molar-refractivity contribution is 5.84. The van der Waals surface area contributed by atoms with Crippen LogP contribution in [-0.4, -0.2) is 29.6 Å². The minimum Gasteiger partial charge on any atom is -0.481 e. The van der Waals surface area contributed by atoms with Crippen molar-refractivity contribution in [2.45, 2.75) is 31.2 Å². The van der Waals surface area contributed by atoms with Gasteiger partial charge in [0.15, 0.2) is 0 Å². The molecule has 1 aliphatic rings. The molecule has 0 aromatic heterocycles. The average molecular weight is 276 g/mol.